The normalized spacial score (nSPS) is 12.3. The van der Waals surface area contributed by atoms with Crippen molar-refractivity contribution in [3.8, 4) is 0 Å². The number of hydrogen-bond acceptors (Lipinski definition) is 4. The minimum atomic E-state index is -4.51. The van der Waals surface area contributed by atoms with Crippen LogP contribution in [-0.4, -0.2) is 18.4 Å². The molecule has 0 fully saturated rings. The number of rotatable bonds is 6. The Labute approximate surface area is 221 Å². The van der Waals surface area contributed by atoms with E-state index >= 15 is 0 Å². The SMILES string of the molecule is O=C(CCN1c2ccccc2Sc2ccccc21)Nc1cccc(C(=O)Nc2cccc(C(F)(F)F)c2)c1. The number of benzene rings is 4. The van der Waals surface area contributed by atoms with Crippen LogP contribution in [0.2, 0.25) is 0 Å². The van der Waals surface area contributed by atoms with Crippen molar-refractivity contribution in [1.82, 2.24) is 0 Å². The van der Waals surface area contributed by atoms with Gasteiger partial charge in [0.05, 0.1) is 16.9 Å². The lowest BCUT2D eigenvalue weighted by atomic mass is 10.1. The van der Waals surface area contributed by atoms with E-state index in [9.17, 15) is 22.8 Å². The Hall–Kier alpha value is -4.24. The topological polar surface area (TPSA) is 61.4 Å². The van der Waals surface area contributed by atoms with Crippen molar-refractivity contribution in [1.29, 1.82) is 0 Å². The third kappa shape index (κ3) is 5.68. The van der Waals surface area contributed by atoms with E-state index in [1.807, 2.05) is 36.4 Å². The van der Waals surface area contributed by atoms with Crippen LogP contribution >= 0.6 is 11.8 Å². The third-order valence-electron chi connectivity index (χ3n) is 5.95. The Morgan fingerprint density at radius 1 is 0.737 bits per heavy atom. The Bertz CT molecular complexity index is 1460. The Balaban J connectivity index is 1.24. The molecule has 2 N–H and O–H groups in total. The summed E-state index contributed by atoms with van der Waals surface area (Å²) in [5.41, 5.74) is 1.88. The van der Waals surface area contributed by atoms with Gasteiger partial charge in [0.1, 0.15) is 0 Å². The minimum Gasteiger partial charge on any atom is -0.339 e. The van der Waals surface area contributed by atoms with Crippen LogP contribution in [0.25, 0.3) is 0 Å². The molecule has 9 heteroatoms. The molecule has 1 heterocycles. The molecule has 5 rings (SSSR count). The van der Waals surface area contributed by atoms with Gasteiger partial charge in [-0.25, -0.2) is 0 Å². The summed E-state index contributed by atoms with van der Waals surface area (Å²) in [6.45, 7) is 0.455. The molecule has 0 saturated heterocycles. The van der Waals surface area contributed by atoms with Crippen molar-refractivity contribution in [2.45, 2.75) is 22.4 Å². The van der Waals surface area contributed by atoms with Crippen LogP contribution in [0.1, 0.15) is 22.3 Å². The van der Waals surface area contributed by atoms with E-state index in [2.05, 4.69) is 27.7 Å². The molecule has 0 atom stereocenters. The molecule has 192 valence electrons. The van der Waals surface area contributed by atoms with Crippen LogP contribution in [0.3, 0.4) is 0 Å². The first-order chi connectivity index (χ1) is 18.3. The van der Waals surface area contributed by atoms with Crippen LogP contribution in [0.4, 0.5) is 35.9 Å². The molecule has 4 aromatic carbocycles. The number of carbonyl (C=O) groups is 2. The van der Waals surface area contributed by atoms with Crippen molar-refractivity contribution in [2.75, 3.05) is 22.1 Å². The summed E-state index contributed by atoms with van der Waals surface area (Å²) in [5, 5.41) is 5.30. The lowest BCUT2D eigenvalue weighted by Gasteiger charge is -2.32. The molecular weight excluding hydrogens is 511 g/mol. The summed E-state index contributed by atoms with van der Waals surface area (Å²) in [5.74, 6) is -0.812. The maximum atomic E-state index is 13.0. The first-order valence-corrected chi connectivity index (χ1v) is 12.6. The fraction of sp³-hybridized carbons (Fsp3) is 0.103. The fourth-order valence-electron chi connectivity index (χ4n) is 4.17. The number of nitrogens with zero attached hydrogens (tertiary/aromatic N) is 1. The number of amides is 2. The van der Waals surface area contributed by atoms with Gasteiger partial charge in [0, 0.05) is 39.7 Å². The van der Waals surface area contributed by atoms with Crippen molar-refractivity contribution in [3.63, 3.8) is 0 Å². The van der Waals surface area contributed by atoms with Crippen LogP contribution in [-0.2, 0) is 11.0 Å². The maximum absolute atomic E-state index is 13.0. The highest BCUT2D eigenvalue weighted by molar-refractivity contribution is 7.99. The van der Waals surface area contributed by atoms with Crippen molar-refractivity contribution >= 4 is 46.3 Å². The van der Waals surface area contributed by atoms with E-state index in [-0.39, 0.29) is 23.6 Å². The number of fused-ring (bicyclic) bond motifs is 2. The fourth-order valence-corrected chi connectivity index (χ4v) is 5.27. The van der Waals surface area contributed by atoms with Gasteiger partial charge >= 0.3 is 6.18 Å². The number of halogens is 3. The number of nitrogens with one attached hydrogen (secondary N) is 2. The number of para-hydroxylation sites is 2. The van der Waals surface area contributed by atoms with Gasteiger partial charge in [-0.2, -0.15) is 13.2 Å². The van der Waals surface area contributed by atoms with Crippen LogP contribution in [0.15, 0.2) is 107 Å². The van der Waals surface area contributed by atoms with Crippen molar-refractivity contribution < 1.29 is 22.8 Å². The summed E-state index contributed by atoms with van der Waals surface area (Å²) in [6.07, 6.45) is -4.31. The number of hydrogen-bond donors (Lipinski definition) is 2. The molecule has 1 aliphatic rings. The summed E-state index contributed by atoms with van der Waals surface area (Å²) < 4.78 is 38.9. The predicted octanol–water partition coefficient (Wildman–Crippen LogP) is 7.59. The molecule has 1 aliphatic heterocycles. The smallest absolute Gasteiger partial charge is 0.339 e. The molecule has 4 aromatic rings. The number of carbonyl (C=O) groups excluding carboxylic acids is 2. The molecule has 0 bridgehead atoms. The summed E-state index contributed by atoms with van der Waals surface area (Å²) in [4.78, 5) is 29.9. The van der Waals surface area contributed by atoms with E-state index in [1.54, 1.807) is 23.9 Å². The van der Waals surface area contributed by atoms with Gasteiger partial charge in [0.2, 0.25) is 5.91 Å². The number of alkyl halides is 3. The van der Waals surface area contributed by atoms with E-state index in [0.29, 0.717) is 12.2 Å². The van der Waals surface area contributed by atoms with Gasteiger partial charge in [0.25, 0.3) is 5.91 Å². The van der Waals surface area contributed by atoms with E-state index in [0.717, 1.165) is 33.3 Å². The van der Waals surface area contributed by atoms with Gasteiger partial charge in [-0.05, 0) is 60.7 Å². The molecule has 0 unspecified atom stereocenters. The standard InChI is InChI=1S/C29H22F3N3O2S/c30-29(31,32)20-8-6-10-22(18-20)34-28(37)19-7-5-9-21(17-19)33-27(36)15-16-35-23-11-1-3-13-25(23)38-26-14-4-2-12-24(26)35/h1-14,17-18H,15-16H2,(H,33,36)(H,34,37). The Morgan fingerprint density at radius 2 is 1.34 bits per heavy atom. The second kappa shape index (κ2) is 10.6. The van der Waals surface area contributed by atoms with E-state index < -0.39 is 17.6 Å². The molecule has 5 nitrogen and oxygen atoms in total. The first kappa shape index (κ1) is 25.4. The van der Waals surface area contributed by atoms with Gasteiger partial charge in [-0.1, -0.05) is 48.2 Å². The third-order valence-corrected chi connectivity index (χ3v) is 7.08. The van der Waals surface area contributed by atoms with Gasteiger partial charge in [0.15, 0.2) is 0 Å². The zero-order valence-electron chi connectivity index (χ0n) is 20.0. The second-order valence-electron chi connectivity index (χ2n) is 8.60. The van der Waals surface area contributed by atoms with Crippen LogP contribution in [0, 0.1) is 0 Å². The van der Waals surface area contributed by atoms with Gasteiger partial charge < -0.3 is 15.5 Å². The quantitative estimate of drug-likeness (QED) is 0.268. The molecule has 0 saturated carbocycles. The molecule has 38 heavy (non-hydrogen) atoms. The second-order valence-corrected chi connectivity index (χ2v) is 9.68. The maximum Gasteiger partial charge on any atom is 0.416 e. The lowest BCUT2D eigenvalue weighted by molar-refractivity contribution is -0.137. The zero-order valence-corrected chi connectivity index (χ0v) is 20.8. The highest BCUT2D eigenvalue weighted by Crippen LogP contribution is 2.47. The highest BCUT2D eigenvalue weighted by Gasteiger charge is 2.30. The summed E-state index contributed by atoms with van der Waals surface area (Å²) >= 11 is 1.69. The van der Waals surface area contributed by atoms with E-state index in [1.165, 1.54) is 24.3 Å². The zero-order chi connectivity index (χ0) is 26.7. The Morgan fingerprint density at radius 3 is 2.00 bits per heavy atom. The minimum absolute atomic E-state index is 0.0273. The van der Waals surface area contributed by atoms with Crippen molar-refractivity contribution in [2.24, 2.45) is 0 Å². The van der Waals surface area contributed by atoms with E-state index in [4.69, 9.17) is 0 Å². The molecule has 2 amide bonds. The first-order valence-electron chi connectivity index (χ1n) is 11.8. The Kier molecular flexibility index (Phi) is 7.11. The average Bonchev–Trinajstić information content (AvgIpc) is 2.91. The molecule has 0 aromatic heterocycles. The van der Waals surface area contributed by atoms with Crippen LogP contribution < -0.4 is 15.5 Å². The summed E-state index contributed by atoms with van der Waals surface area (Å²) in [6, 6.07) is 26.8. The molecule has 0 radical (unpaired) electrons. The highest BCUT2D eigenvalue weighted by atomic mass is 32.2. The van der Waals surface area contributed by atoms with Crippen LogP contribution in [0.5, 0.6) is 0 Å². The average molecular weight is 534 g/mol. The lowest BCUT2D eigenvalue weighted by Crippen LogP contribution is -2.26. The van der Waals surface area contributed by atoms with Crippen molar-refractivity contribution in [3.05, 3.63) is 108 Å². The summed E-state index contributed by atoms with van der Waals surface area (Å²) in [7, 11) is 0. The number of anilines is 4. The largest absolute Gasteiger partial charge is 0.416 e. The monoisotopic (exact) mass is 533 g/mol. The molecule has 0 aliphatic carbocycles. The molecule has 0 spiro atoms. The van der Waals surface area contributed by atoms with Gasteiger partial charge in [-0.15, -0.1) is 0 Å². The van der Waals surface area contributed by atoms with Gasteiger partial charge in [-0.3, -0.25) is 9.59 Å². The molecular formula is C29H22F3N3O2S. The predicted molar refractivity (Wildman–Crippen MR) is 143 cm³/mol.